The van der Waals surface area contributed by atoms with Crippen molar-refractivity contribution in [2.24, 2.45) is 0 Å². The van der Waals surface area contributed by atoms with Gasteiger partial charge in [0.1, 0.15) is 0 Å². The quantitative estimate of drug-likeness (QED) is 0.767. The number of aryl methyl sites for hydroxylation is 3. The van der Waals surface area contributed by atoms with E-state index in [1.165, 1.54) is 11.3 Å². The average molecular weight is 376 g/mol. The van der Waals surface area contributed by atoms with Crippen molar-refractivity contribution in [1.82, 2.24) is 20.9 Å². The fraction of sp³-hybridized carbons (Fsp3) is 0.318. The standard InChI is InChI=1S/C22H24N4O2/c1-13-5-3-7-17(9-13)20-19(14(2)25-22(28)26-20)21(27)24-12-15-10-16-6-4-8-18(16)23-11-15/h3,5,7,9-11,20H,4,6,8,12H2,1-2H3,(H,24,27)(H2,25,26,28)/t20-/m1/s1. The molecule has 0 fully saturated rings. The molecule has 0 bridgehead atoms. The Kier molecular flexibility index (Phi) is 4.86. The second-order valence-corrected chi connectivity index (χ2v) is 7.47. The topological polar surface area (TPSA) is 83.1 Å². The Hall–Kier alpha value is -3.15. The Balaban J connectivity index is 1.55. The predicted octanol–water partition coefficient (Wildman–Crippen LogP) is 2.82. The van der Waals surface area contributed by atoms with Crippen LogP contribution >= 0.6 is 0 Å². The summed E-state index contributed by atoms with van der Waals surface area (Å²) in [4.78, 5) is 29.5. The molecule has 2 aromatic rings. The van der Waals surface area contributed by atoms with Crippen molar-refractivity contribution in [2.75, 3.05) is 0 Å². The molecule has 2 aliphatic rings. The molecule has 0 spiro atoms. The smallest absolute Gasteiger partial charge is 0.319 e. The highest BCUT2D eigenvalue weighted by Gasteiger charge is 2.31. The largest absolute Gasteiger partial charge is 0.348 e. The van der Waals surface area contributed by atoms with Crippen LogP contribution in [0.4, 0.5) is 4.79 Å². The molecule has 4 rings (SSSR count). The Morgan fingerprint density at radius 3 is 2.93 bits per heavy atom. The zero-order valence-corrected chi connectivity index (χ0v) is 16.1. The van der Waals surface area contributed by atoms with E-state index in [9.17, 15) is 9.59 Å². The summed E-state index contributed by atoms with van der Waals surface area (Å²) in [6, 6.07) is 9.18. The van der Waals surface area contributed by atoms with Crippen molar-refractivity contribution in [1.29, 1.82) is 0 Å². The van der Waals surface area contributed by atoms with E-state index in [1.54, 1.807) is 6.92 Å². The van der Waals surface area contributed by atoms with Gasteiger partial charge in [-0.25, -0.2) is 4.79 Å². The Bertz CT molecular complexity index is 980. The summed E-state index contributed by atoms with van der Waals surface area (Å²) in [5.41, 5.74) is 6.51. The van der Waals surface area contributed by atoms with Crippen molar-refractivity contribution in [3.05, 3.63) is 75.7 Å². The summed E-state index contributed by atoms with van der Waals surface area (Å²) in [5.74, 6) is -0.197. The normalized spacial score (nSPS) is 18.4. The number of nitrogens with one attached hydrogen (secondary N) is 3. The number of urea groups is 1. The molecule has 1 aliphatic heterocycles. The second kappa shape index (κ2) is 7.46. The molecule has 1 aromatic carbocycles. The fourth-order valence-electron chi connectivity index (χ4n) is 3.94. The molecule has 1 aliphatic carbocycles. The van der Waals surface area contributed by atoms with E-state index in [1.807, 2.05) is 37.4 Å². The highest BCUT2D eigenvalue weighted by Crippen LogP contribution is 2.27. The molecule has 1 atom stereocenters. The zero-order valence-electron chi connectivity index (χ0n) is 16.1. The predicted molar refractivity (Wildman–Crippen MR) is 106 cm³/mol. The molecule has 0 unspecified atom stereocenters. The lowest BCUT2D eigenvalue weighted by molar-refractivity contribution is -0.118. The van der Waals surface area contributed by atoms with Gasteiger partial charge in [0.2, 0.25) is 0 Å². The van der Waals surface area contributed by atoms with Crippen molar-refractivity contribution in [3.8, 4) is 0 Å². The van der Waals surface area contributed by atoms with E-state index in [4.69, 9.17) is 0 Å². The van der Waals surface area contributed by atoms with Gasteiger partial charge in [-0.05, 0) is 49.8 Å². The van der Waals surface area contributed by atoms with Gasteiger partial charge in [0, 0.05) is 24.1 Å². The van der Waals surface area contributed by atoms with Crippen LogP contribution in [0.3, 0.4) is 0 Å². The third kappa shape index (κ3) is 3.63. The number of hydrogen-bond donors (Lipinski definition) is 3. The number of rotatable bonds is 4. The number of pyridine rings is 1. The lowest BCUT2D eigenvalue weighted by Gasteiger charge is -2.29. The number of carbonyl (C=O) groups excluding carboxylic acids is 2. The first-order valence-electron chi connectivity index (χ1n) is 9.61. The minimum absolute atomic E-state index is 0.197. The van der Waals surface area contributed by atoms with E-state index in [0.29, 0.717) is 17.8 Å². The number of allylic oxidation sites excluding steroid dienone is 1. The molecule has 0 saturated heterocycles. The highest BCUT2D eigenvalue weighted by molar-refractivity contribution is 5.98. The van der Waals surface area contributed by atoms with E-state index >= 15 is 0 Å². The molecular weight excluding hydrogens is 352 g/mol. The van der Waals surface area contributed by atoms with Crippen LogP contribution in [0.2, 0.25) is 0 Å². The van der Waals surface area contributed by atoms with E-state index < -0.39 is 6.04 Å². The maximum absolute atomic E-state index is 13.0. The van der Waals surface area contributed by atoms with Crippen LogP contribution in [-0.4, -0.2) is 16.9 Å². The summed E-state index contributed by atoms with van der Waals surface area (Å²) >= 11 is 0. The molecule has 3 amide bonds. The van der Waals surface area contributed by atoms with Gasteiger partial charge in [-0.15, -0.1) is 0 Å². The van der Waals surface area contributed by atoms with Crippen molar-refractivity contribution >= 4 is 11.9 Å². The molecule has 144 valence electrons. The Labute approximate surface area is 164 Å². The lowest BCUT2D eigenvalue weighted by Crippen LogP contribution is -2.46. The first kappa shape index (κ1) is 18.2. The summed E-state index contributed by atoms with van der Waals surface area (Å²) in [5, 5.41) is 8.58. The van der Waals surface area contributed by atoms with Crippen molar-refractivity contribution in [2.45, 2.75) is 45.7 Å². The third-order valence-corrected chi connectivity index (χ3v) is 5.32. The van der Waals surface area contributed by atoms with E-state index in [-0.39, 0.29) is 11.9 Å². The Morgan fingerprint density at radius 2 is 2.11 bits per heavy atom. The maximum Gasteiger partial charge on any atom is 0.319 e. The van der Waals surface area contributed by atoms with Gasteiger partial charge in [0.15, 0.2) is 0 Å². The van der Waals surface area contributed by atoms with E-state index in [0.717, 1.165) is 36.0 Å². The SMILES string of the molecule is CC1=C(C(=O)NCc2cnc3c(c2)CCC3)[C@@H](c2cccc(C)c2)NC(=O)N1. The monoisotopic (exact) mass is 376 g/mol. The first-order chi connectivity index (χ1) is 13.5. The van der Waals surface area contributed by atoms with Crippen molar-refractivity contribution < 1.29 is 9.59 Å². The summed E-state index contributed by atoms with van der Waals surface area (Å²) in [6.07, 6.45) is 5.08. The van der Waals surface area contributed by atoms with Crippen LogP contribution in [0.25, 0.3) is 0 Å². The molecule has 3 N–H and O–H groups in total. The first-order valence-corrected chi connectivity index (χ1v) is 9.61. The van der Waals surface area contributed by atoms with Crippen LogP contribution in [0, 0.1) is 6.92 Å². The molecule has 28 heavy (non-hydrogen) atoms. The molecule has 6 nitrogen and oxygen atoms in total. The fourth-order valence-corrected chi connectivity index (χ4v) is 3.94. The number of nitrogens with zero attached hydrogens (tertiary/aromatic N) is 1. The zero-order chi connectivity index (χ0) is 19.7. The number of hydrogen-bond acceptors (Lipinski definition) is 3. The van der Waals surface area contributed by atoms with E-state index in [2.05, 4.69) is 27.0 Å². The van der Waals surface area contributed by atoms with Gasteiger partial charge < -0.3 is 16.0 Å². The van der Waals surface area contributed by atoms with Crippen molar-refractivity contribution in [3.63, 3.8) is 0 Å². The molecule has 2 heterocycles. The molecular formula is C22H24N4O2. The van der Waals surface area contributed by atoms with Gasteiger partial charge >= 0.3 is 6.03 Å². The van der Waals surface area contributed by atoms with Crippen LogP contribution in [0.5, 0.6) is 0 Å². The third-order valence-electron chi connectivity index (χ3n) is 5.32. The van der Waals surface area contributed by atoms with Crippen LogP contribution in [-0.2, 0) is 24.2 Å². The lowest BCUT2D eigenvalue weighted by atomic mass is 9.94. The van der Waals surface area contributed by atoms with Crippen LogP contribution in [0.15, 0.2) is 47.8 Å². The number of benzene rings is 1. The van der Waals surface area contributed by atoms with Gasteiger partial charge in [0.25, 0.3) is 5.91 Å². The summed E-state index contributed by atoms with van der Waals surface area (Å²) < 4.78 is 0. The molecule has 1 aromatic heterocycles. The Morgan fingerprint density at radius 1 is 1.25 bits per heavy atom. The van der Waals surface area contributed by atoms with Crippen LogP contribution < -0.4 is 16.0 Å². The van der Waals surface area contributed by atoms with Gasteiger partial charge in [-0.3, -0.25) is 9.78 Å². The number of fused-ring (bicyclic) bond motifs is 1. The number of amides is 3. The molecule has 0 radical (unpaired) electrons. The maximum atomic E-state index is 13.0. The summed E-state index contributed by atoms with van der Waals surface area (Å²) in [6.45, 7) is 4.15. The number of aromatic nitrogens is 1. The van der Waals surface area contributed by atoms with Crippen LogP contribution in [0.1, 0.15) is 47.3 Å². The number of carbonyl (C=O) groups is 2. The minimum atomic E-state index is -0.480. The minimum Gasteiger partial charge on any atom is -0.348 e. The summed E-state index contributed by atoms with van der Waals surface area (Å²) in [7, 11) is 0. The molecule has 6 heteroatoms. The van der Waals surface area contributed by atoms with Gasteiger partial charge in [-0.1, -0.05) is 35.9 Å². The highest BCUT2D eigenvalue weighted by atomic mass is 16.2. The molecule has 0 saturated carbocycles. The van der Waals surface area contributed by atoms with Gasteiger partial charge in [0.05, 0.1) is 11.6 Å². The van der Waals surface area contributed by atoms with Gasteiger partial charge in [-0.2, -0.15) is 0 Å². The second-order valence-electron chi connectivity index (χ2n) is 7.47. The average Bonchev–Trinajstić information content (AvgIpc) is 3.13.